The molecule has 2 aliphatic rings. The molecule has 30 heavy (non-hydrogen) atoms. The van der Waals surface area contributed by atoms with E-state index in [1.54, 1.807) is 42.5 Å². The highest BCUT2D eigenvalue weighted by Gasteiger charge is 2.55. The predicted molar refractivity (Wildman–Crippen MR) is 116 cm³/mol. The number of carboxylic acid groups (broad SMARTS) is 1. The largest absolute Gasteiger partial charge is 0.477 e. The van der Waals surface area contributed by atoms with Gasteiger partial charge in [-0.25, -0.2) is 4.79 Å². The van der Waals surface area contributed by atoms with E-state index in [2.05, 4.69) is 10.6 Å². The minimum atomic E-state index is -1.34. The van der Waals surface area contributed by atoms with Gasteiger partial charge in [0.15, 0.2) is 0 Å². The van der Waals surface area contributed by atoms with Gasteiger partial charge < -0.3 is 15.7 Å². The topological polar surface area (TPSA) is 95.5 Å². The van der Waals surface area contributed by atoms with Crippen LogP contribution in [0.3, 0.4) is 0 Å². The summed E-state index contributed by atoms with van der Waals surface area (Å²) in [4.78, 5) is 38.6. The first kappa shape index (κ1) is 19.1. The van der Waals surface area contributed by atoms with Crippen LogP contribution in [-0.2, 0) is 15.0 Å². The molecular formula is C21H12Cl2N2O4S. The van der Waals surface area contributed by atoms with Crippen molar-refractivity contribution in [2.24, 2.45) is 0 Å². The maximum atomic E-state index is 13.2. The third-order valence-electron chi connectivity index (χ3n) is 5.41. The van der Waals surface area contributed by atoms with Crippen molar-refractivity contribution < 1.29 is 19.5 Å². The Bertz CT molecular complexity index is 1270. The van der Waals surface area contributed by atoms with E-state index < -0.39 is 17.3 Å². The smallest absolute Gasteiger partial charge is 0.346 e. The van der Waals surface area contributed by atoms with Crippen molar-refractivity contribution in [1.29, 1.82) is 0 Å². The Kier molecular flexibility index (Phi) is 4.18. The van der Waals surface area contributed by atoms with Gasteiger partial charge >= 0.3 is 5.97 Å². The van der Waals surface area contributed by atoms with Crippen LogP contribution in [0.5, 0.6) is 0 Å². The lowest BCUT2D eigenvalue weighted by atomic mass is 9.74. The fourth-order valence-corrected chi connectivity index (χ4v) is 5.81. The number of nitrogens with one attached hydrogen (secondary N) is 2. The molecule has 0 fully saturated rings. The molecular weight excluding hydrogens is 447 g/mol. The first-order valence-electron chi connectivity index (χ1n) is 8.89. The van der Waals surface area contributed by atoms with E-state index in [-0.39, 0.29) is 17.2 Å². The van der Waals surface area contributed by atoms with Gasteiger partial charge in [-0.15, -0.1) is 11.3 Å². The van der Waals surface area contributed by atoms with Gasteiger partial charge in [-0.2, -0.15) is 0 Å². The van der Waals surface area contributed by atoms with Crippen molar-refractivity contribution in [3.05, 3.63) is 67.8 Å². The summed E-state index contributed by atoms with van der Waals surface area (Å²) in [5.74, 6) is -1.92. The minimum absolute atomic E-state index is 0.0344. The van der Waals surface area contributed by atoms with Crippen LogP contribution < -0.4 is 10.6 Å². The molecule has 150 valence electrons. The molecule has 0 unspecified atom stereocenters. The number of anilines is 2. The molecule has 1 spiro atoms. The number of halogens is 2. The van der Waals surface area contributed by atoms with Gasteiger partial charge in [-0.1, -0.05) is 47.5 Å². The highest BCUT2D eigenvalue weighted by atomic mass is 35.5. The second kappa shape index (κ2) is 6.57. The summed E-state index contributed by atoms with van der Waals surface area (Å²) in [5.41, 5.74) is 0.947. The van der Waals surface area contributed by atoms with Gasteiger partial charge in [0, 0.05) is 10.6 Å². The summed E-state index contributed by atoms with van der Waals surface area (Å²) in [6.07, 6.45) is -0.140. The molecule has 9 heteroatoms. The molecule has 0 aliphatic carbocycles. The molecule has 1 aromatic heterocycles. The summed E-state index contributed by atoms with van der Waals surface area (Å²) in [6.45, 7) is 0. The number of thiophene rings is 1. The molecule has 3 N–H and O–H groups in total. The average Bonchev–Trinajstić information content (AvgIpc) is 3.21. The third kappa shape index (κ3) is 2.52. The fraction of sp³-hybridized carbons (Fsp3) is 0.0952. The standard InChI is InChI=1S/C21H12Cl2N2O4S/c22-10-6-4-9(5-7-10)14-16-18(30-17(14)19(27)28)21(8-13(26)24-16)11-2-1-3-12(23)15(11)25-20(21)29/h1-7H,8H2,(H,24,26)(H,25,29)(H,27,28)/t21-/m1/s1. The second-order valence-corrected chi connectivity index (χ2v) is 8.93. The molecule has 0 saturated carbocycles. The van der Waals surface area contributed by atoms with Crippen molar-refractivity contribution in [1.82, 2.24) is 0 Å². The number of carbonyl (C=O) groups excluding carboxylic acids is 2. The van der Waals surface area contributed by atoms with Crippen LogP contribution in [0.4, 0.5) is 11.4 Å². The molecule has 0 bridgehead atoms. The van der Waals surface area contributed by atoms with Crippen LogP contribution in [0.2, 0.25) is 10.0 Å². The molecule has 2 aliphatic heterocycles. The van der Waals surface area contributed by atoms with E-state index in [9.17, 15) is 19.5 Å². The summed E-state index contributed by atoms with van der Waals surface area (Å²) < 4.78 is 0. The Labute approximate surface area is 184 Å². The SMILES string of the molecule is O=C1C[C@]2(C(=O)Nc3c(Cl)cccc32)c2sc(C(=O)O)c(-c3ccc(Cl)cc3)c2N1. The molecule has 0 saturated heterocycles. The molecule has 1 atom stereocenters. The summed E-state index contributed by atoms with van der Waals surface area (Å²) in [7, 11) is 0. The average molecular weight is 459 g/mol. The number of rotatable bonds is 2. The highest BCUT2D eigenvalue weighted by Crippen LogP contribution is 2.57. The van der Waals surface area contributed by atoms with Crippen LogP contribution in [0.15, 0.2) is 42.5 Å². The second-order valence-electron chi connectivity index (χ2n) is 7.07. The molecule has 2 aromatic carbocycles. The quantitative estimate of drug-likeness (QED) is 0.503. The van der Waals surface area contributed by atoms with Gasteiger partial charge in [0.05, 0.1) is 27.7 Å². The Hall–Kier alpha value is -2.87. The monoisotopic (exact) mass is 458 g/mol. The zero-order chi connectivity index (χ0) is 21.2. The number of aromatic carboxylic acids is 1. The number of hydrogen-bond donors (Lipinski definition) is 3. The van der Waals surface area contributed by atoms with Crippen LogP contribution in [0.25, 0.3) is 11.1 Å². The van der Waals surface area contributed by atoms with E-state index in [0.717, 1.165) is 11.3 Å². The zero-order valence-corrected chi connectivity index (χ0v) is 17.4. The summed E-state index contributed by atoms with van der Waals surface area (Å²) in [6, 6.07) is 11.8. The Morgan fingerprint density at radius 2 is 1.77 bits per heavy atom. The van der Waals surface area contributed by atoms with Crippen LogP contribution in [0.1, 0.15) is 26.5 Å². The Morgan fingerprint density at radius 1 is 1.03 bits per heavy atom. The number of carbonyl (C=O) groups is 3. The normalized spacial score (nSPS) is 19.3. The van der Waals surface area contributed by atoms with E-state index in [1.807, 2.05) is 0 Å². The maximum absolute atomic E-state index is 13.2. The summed E-state index contributed by atoms with van der Waals surface area (Å²) in [5, 5.41) is 16.3. The van der Waals surface area contributed by atoms with E-state index in [0.29, 0.717) is 43.0 Å². The highest BCUT2D eigenvalue weighted by molar-refractivity contribution is 7.15. The number of hydrogen-bond acceptors (Lipinski definition) is 4. The van der Waals surface area contributed by atoms with Crippen LogP contribution >= 0.6 is 34.5 Å². The fourth-order valence-electron chi connectivity index (χ4n) is 4.15. The van der Waals surface area contributed by atoms with Crippen LogP contribution in [0, 0.1) is 0 Å². The lowest BCUT2D eigenvalue weighted by molar-refractivity contribution is -0.125. The van der Waals surface area contributed by atoms with Gasteiger partial charge in [-0.05, 0) is 29.3 Å². The van der Waals surface area contributed by atoms with Crippen molar-refractivity contribution in [2.75, 3.05) is 10.6 Å². The van der Waals surface area contributed by atoms with Gasteiger partial charge in [0.25, 0.3) is 0 Å². The molecule has 3 aromatic rings. The molecule has 5 rings (SSSR count). The first-order valence-corrected chi connectivity index (χ1v) is 10.5. The van der Waals surface area contributed by atoms with Crippen molar-refractivity contribution in [2.45, 2.75) is 11.8 Å². The predicted octanol–water partition coefficient (Wildman–Crippen LogP) is 5.00. The number of fused-ring (bicyclic) bond motifs is 4. The zero-order valence-electron chi connectivity index (χ0n) is 15.1. The lowest BCUT2D eigenvalue weighted by Crippen LogP contribution is -2.42. The Balaban J connectivity index is 1.85. The van der Waals surface area contributed by atoms with E-state index in [4.69, 9.17) is 23.2 Å². The van der Waals surface area contributed by atoms with E-state index in [1.165, 1.54) is 0 Å². The van der Waals surface area contributed by atoms with Crippen LogP contribution in [-0.4, -0.2) is 22.9 Å². The Morgan fingerprint density at radius 3 is 2.47 bits per heavy atom. The van der Waals surface area contributed by atoms with E-state index >= 15 is 0 Å². The van der Waals surface area contributed by atoms with Gasteiger partial charge in [0.2, 0.25) is 11.8 Å². The van der Waals surface area contributed by atoms with Gasteiger partial charge in [-0.3, -0.25) is 9.59 Å². The van der Waals surface area contributed by atoms with Gasteiger partial charge in [0.1, 0.15) is 10.3 Å². The lowest BCUT2D eigenvalue weighted by Gasteiger charge is -2.31. The minimum Gasteiger partial charge on any atom is -0.477 e. The third-order valence-corrected chi connectivity index (χ3v) is 7.32. The number of carboxylic acids is 1. The number of para-hydroxylation sites is 1. The summed E-state index contributed by atoms with van der Waals surface area (Å²) >= 11 is 13.3. The van der Waals surface area contributed by atoms with Crippen molar-refractivity contribution in [3.63, 3.8) is 0 Å². The number of amides is 2. The molecule has 2 amide bonds. The molecule has 0 radical (unpaired) electrons. The van der Waals surface area contributed by atoms with Crippen molar-refractivity contribution in [3.8, 4) is 11.1 Å². The first-order chi connectivity index (χ1) is 14.3. The molecule has 3 heterocycles. The number of benzene rings is 2. The molecule has 6 nitrogen and oxygen atoms in total. The maximum Gasteiger partial charge on any atom is 0.346 e. The van der Waals surface area contributed by atoms with Crippen molar-refractivity contribution >= 4 is 63.7 Å².